The monoisotopic (exact) mass is 441 g/mol. The Kier molecular flexibility index (Phi) is 5.26. The van der Waals surface area contributed by atoms with E-state index in [1.807, 2.05) is 0 Å². The van der Waals surface area contributed by atoms with Gasteiger partial charge in [0.1, 0.15) is 5.82 Å². The van der Waals surface area contributed by atoms with E-state index in [0.29, 0.717) is 11.0 Å². The first-order chi connectivity index (χ1) is 13.9. The molecule has 0 saturated carbocycles. The molecular formula is C19H15F4N3O3S. The highest BCUT2D eigenvalue weighted by Crippen LogP contribution is 2.51. The molecule has 0 aromatic heterocycles. The molecule has 1 unspecified atom stereocenters. The Morgan fingerprint density at radius 3 is 2.43 bits per heavy atom. The van der Waals surface area contributed by atoms with Crippen molar-refractivity contribution in [3.63, 3.8) is 0 Å². The Morgan fingerprint density at radius 2 is 1.90 bits per heavy atom. The average molecular weight is 441 g/mol. The van der Waals surface area contributed by atoms with Crippen molar-refractivity contribution in [1.29, 1.82) is 5.26 Å². The van der Waals surface area contributed by atoms with Crippen LogP contribution in [0.5, 0.6) is 0 Å². The molecule has 0 radical (unpaired) electrons. The number of nitrogens with one attached hydrogen (secondary N) is 1. The lowest BCUT2D eigenvalue weighted by Crippen LogP contribution is -2.38. The summed E-state index contributed by atoms with van der Waals surface area (Å²) in [7, 11) is 0. The molecule has 1 amide bonds. The highest BCUT2D eigenvalue weighted by Gasteiger charge is 2.47. The second-order valence-electron chi connectivity index (χ2n) is 6.94. The van der Waals surface area contributed by atoms with Crippen LogP contribution in [0.15, 0.2) is 41.3 Å². The molecule has 2 aromatic rings. The first-order valence-corrected chi connectivity index (χ1v) is 9.77. The Bertz CT molecular complexity index is 1100. The fourth-order valence-electron chi connectivity index (χ4n) is 3.02. The van der Waals surface area contributed by atoms with E-state index in [-0.39, 0.29) is 5.69 Å². The minimum Gasteiger partial charge on any atom is -0.478 e. The smallest absolute Gasteiger partial charge is 0.417 e. The molecule has 1 saturated heterocycles. The van der Waals surface area contributed by atoms with E-state index in [2.05, 4.69) is 4.83 Å². The molecule has 3 rings (SSSR count). The summed E-state index contributed by atoms with van der Waals surface area (Å²) < 4.78 is 52.9. The summed E-state index contributed by atoms with van der Waals surface area (Å²) in [5, 5.41) is 18.8. The quantitative estimate of drug-likeness (QED) is 0.494. The third-order valence-electron chi connectivity index (χ3n) is 4.61. The van der Waals surface area contributed by atoms with Gasteiger partial charge in [-0.15, -0.1) is 11.1 Å². The van der Waals surface area contributed by atoms with Gasteiger partial charge in [0, 0.05) is 4.90 Å². The number of alkyl halides is 3. The van der Waals surface area contributed by atoms with Crippen LogP contribution in [0, 0.1) is 17.1 Å². The van der Waals surface area contributed by atoms with E-state index in [4.69, 9.17) is 10.4 Å². The number of hydrogen-bond donors (Lipinski definition) is 3. The number of amides is 1. The zero-order chi connectivity index (χ0) is 22.4. The predicted octanol–water partition coefficient (Wildman–Crippen LogP) is 4.02. The third kappa shape index (κ3) is 3.59. The van der Waals surface area contributed by atoms with Gasteiger partial charge in [-0.05, 0) is 50.2 Å². The van der Waals surface area contributed by atoms with Gasteiger partial charge < -0.3 is 5.11 Å². The molecule has 1 heterocycles. The number of carbonyl (C=O) groups is 2. The number of anilines is 1. The SMILES string of the molecule is CC1(C)C(=O)N(c2ccc(C#N)c(C(F)(F)F)c2)N[SH]1c1ccc(C(=O)O)c(F)c1. The highest BCUT2D eigenvalue weighted by molar-refractivity contribution is 8.17. The molecule has 0 aliphatic carbocycles. The number of carboxylic acids is 1. The Balaban J connectivity index is 2.03. The minimum absolute atomic E-state index is 0.118. The zero-order valence-corrected chi connectivity index (χ0v) is 16.5. The number of carbonyl (C=O) groups excluding carboxylic acids is 1. The fourth-order valence-corrected chi connectivity index (χ4v) is 5.19. The third-order valence-corrected chi connectivity index (χ3v) is 7.12. The molecule has 1 atom stereocenters. The normalized spacial score (nSPS) is 19.6. The summed E-state index contributed by atoms with van der Waals surface area (Å²) in [6.07, 6.45) is -4.79. The second kappa shape index (κ2) is 7.30. The average Bonchev–Trinajstić information content (AvgIpc) is 2.90. The van der Waals surface area contributed by atoms with Crippen molar-refractivity contribution in [1.82, 2.24) is 4.83 Å². The molecule has 158 valence electrons. The van der Waals surface area contributed by atoms with Crippen LogP contribution < -0.4 is 9.84 Å². The van der Waals surface area contributed by atoms with E-state index in [1.165, 1.54) is 18.2 Å². The van der Waals surface area contributed by atoms with Crippen molar-refractivity contribution in [2.75, 3.05) is 5.01 Å². The lowest BCUT2D eigenvalue weighted by molar-refractivity contribution is -0.137. The van der Waals surface area contributed by atoms with Gasteiger partial charge in [-0.2, -0.15) is 23.3 Å². The number of hydrazine groups is 1. The van der Waals surface area contributed by atoms with Crippen LogP contribution in [-0.2, 0) is 11.0 Å². The summed E-state index contributed by atoms with van der Waals surface area (Å²) >= 11 is -1.64. The molecule has 2 aromatic carbocycles. The molecule has 2 N–H and O–H groups in total. The van der Waals surface area contributed by atoms with Gasteiger partial charge in [0.25, 0.3) is 5.91 Å². The molecule has 6 nitrogen and oxygen atoms in total. The van der Waals surface area contributed by atoms with Crippen molar-refractivity contribution >= 4 is 28.6 Å². The van der Waals surface area contributed by atoms with Gasteiger partial charge in [-0.3, -0.25) is 4.79 Å². The molecule has 1 aliphatic rings. The number of carboxylic acid groups (broad SMARTS) is 1. The number of aromatic carboxylic acids is 1. The van der Waals surface area contributed by atoms with Gasteiger partial charge in [-0.25, -0.2) is 14.2 Å². The number of hydrogen-bond acceptors (Lipinski definition) is 4. The molecule has 1 fully saturated rings. The van der Waals surface area contributed by atoms with E-state index >= 15 is 0 Å². The summed E-state index contributed by atoms with van der Waals surface area (Å²) in [5.74, 6) is -2.97. The van der Waals surface area contributed by atoms with Gasteiger partial charge in [0.2, 0.25) is 0 Å². The van der Waals surface area contributed by atoms with Gasteiger partial charge in [0.15, 0.2) is 0 Å². The zero-order valence-electron chi connectivity index (χ0n) is 15.6. The van der Waals surface area contributed by atoms with Crippen LogP contribution in [0.3, 0.4) is 0 Å². The Labute approximate surface area is 171 Å². The molecule has 0 bridgehead atoms. The highest BCUT2D eigenvalue weighted by atomic mass is 32.2. The van der Waals surface area contributed by atoms with Crippen molar-refractivity contribution in [3.8, 4) is 6.07 Å². The fraction of sp³-hybridized carbons (Fsp3) is 0.211. The van der Waals surface area contributed by atoms with Crippen molar-refractivity contribution in [2.45, 2.75) is 29.7 Å². The van der Waals surface area contributed by atoms with Gasteiger partial charge in [-0.1, -0.05) is 0 Å². The summed E-state index contributed by atoms with van der Waals surface area (Å²) in [5.41, 5.74) is -2.41. The maximum absolute atomic E-state index is 14.1. The molecule has 11 heteroatoms. The summed E-state index contributed by atoms with van der Waals surface area (Å²) in [6, 6.07) is 7.80. The van der Waals surface area contributed by atoms with Crippen molar-refractivity contribution in [3.05, 3.63) is 58.9 Å². The molecule has 30 heavy (non-hydrogen) atoms. The number of rotatable bonds is 3. The largest absolute Gasteiger partial charge is 0.478 e. The van der Waals surface area contributed by atoms with Crippen molar-refractivity contribution in [2.24, 2.45) is 0 Å². The lowest BCUT2D eigenvalue weighted by atomic mass is 10.1. The molecule has 1 aliphatic heterocycles. The topological polar surface area (TPSA) is 93.4 Å². The van der Waals surface area contributed by atoms with Crippen LogP contribution >= 0.6 is 11.1 Å². The van der Waals surface area contributed by atoms with E-state index in [9.17, 15) is 27.2 Å². The minimum atomic E-state index is -4.79. The summed E-state index contributed by atoms with van der Waals surface area (Å²) in [4.78, 5) is 27.1. The first kappa shape index (κ1) is 21.6. The number of nitriles is 1. The standard InChI is InChI=1S/C19H15F4N3O3S/c1-18(2)17(29)26(11-4-3-10(9-24)14(7-11)19(21,22)23)25-30(18)12-5-6-13(16(27)28)15(20)8-12/h3-8,25,30H,1-2H3,(H,27,28). The first-order valence-electron chi connectivity index (χ1n) is 8.43. The maximum atomic E-state index is 14.1. The van der Waals surface area contributed by atoms with Crippen LogP contribution in [-0.4, -0.2) is 21.7 Å². The number of nitrogens with zero attached hydrogens (tertiary/aromatic N) is 2. The molecular weight excluding hydrogens is 426 g/mol. The summed E-state index contributed by atoms with van der Waals surface area (Å²) in [6.45, 7) is 3.12. The van der Waals surface area contributed by atoms with E-state index < -0.39 is 56.4 Å². The Hall–Kier alpha value is -3.10. The predicted molar refractivity (Wildman–Crippen MR) is 101 cm³/mol. The second-order valence-corrected chi connectivity index (χ2v) is 9.45. The van der Waals surface area contributed by atoms with Crippen molar-refractivity contribution < 1.29 is 32.3 Å². The van der Waals surface area contributed by atoms with Crippen LogP contribution in [0.1, 0.15) is 35.3 Å². The van der Waals surface area contributed by atoms with E-state index in [0.717, 1.165) is 23.2 Å². The van der Waals surface area contributed by atoms with Crippen LogP contribution in [0.4, 0.5) is 23.2 Å². The van der Waals surface area contributed by atoms with Gasteiger partial charge in [0.05, 0.1) is 33.2 Å². The van der Waals surface area contributed by atoms with Crippen LogP contribution in [0.2, 0.25) is 0 Å². The molecule has 0 spiro atoms. The lowest BCUT2D eigenvalue weighted by Gasteiger charge is -2.27. The number of benzene rings is 2. The Morgan fingerprint density at radius 1 is 1.23 bits per heavy atom. The van der Waals surface area contributed by atoms with Crippen LogP contribution in [0.25, 0.3) is 0 Å². The van der Waals surface area contributed by atoms with Gasteiger partial charge >= 0.3 is 12.1 Å². The maximum Gasteiger partial charge on any atom is 0.417 e. The number of halogens is 4. The number of thiol groups is 1. The van der Waals surface area contributed by atoms with E-state index in [1.54, 1.807) is 13.8 Å².